The molecule has 0 radical (unpaired) electrons. The summed E-state index contributed by atoms with van der Waals surface area (Å²) in [4.78, 5) is 29.2. The number of aromatic amines is 1. The van der Waals surface area contributed by atoms with Crippen LogP contribution in [0.15, 0.2) is 66.7 Å². The Morgan fingerprint density at radius 1 is 1.06 bits per heavy atom. The minimum absolute atomic E-state index is 0.0536. The molecule has 4 aromatic rings. The van der Waals surface area contributed by atoms with Crippen LogP contribution in [0.5, 0.6) is 11.5 Å². The Kier molecular flexibility index (Phi) is 5.99. The second-order valence-corrected chi connectivity index (χ2v) is 9.27. The SMILES string of the molecule is CC1(C)c2cc(OC[C@H](O)CO)ccc2C(=O)c2c1[nH]c1cc(OC(=O)Nc3ccccc3)ccc21. The van der Waals surface area contributed by atoms with Gasteiger partial charge in [-0.25, -0.2) is 4.79 Å². The highest BCUT2D eigenvalue weighted by Gasteiger charge is 2.40. The maximum Gasteiger partial charge on any atom is 0.417 e. The van der Waals surface area contributed by atoms with Crippen LogP contribution in [0, 0.1) is 0 Å². The lowest BCUT2D eigenvalue weighted by Gasteiger charge is -2.32. The maximum atomic E-state index is 13.5. The highest BCUT2D eigenvalue weighted by molar-refractivity contribution is 6.20. The van der Waals surface area contributed by atoms with Gasteiger partial charge in [-0.3, -0.25) is 10.1 Å². The third-order valence-electron chi connectivity index (χ3n) is 6.41. The zero-order chi connectivity index (χ0) is 25.4. The third kappa shape index (κ3) is 4.21. The van der Waals surface area contributed by atoms with E-state index in [-0.39, 0.29) is 12.4 Å². The number of carbonyl (C=O) groups is 2. The van der Waals surface area contributed by atoms with E-state index in [2.05, 4.69) is 10.3 Å². The molecular weight excluding hydrogens is 460 g/mol. The van der Waals surface area contributed by atoms with E-state index in [1.165, 1.54) is 0 Å². The Labute approximate surface area is 207 Å². The summed E-state index contributed by atoms with van der Waals surface area (Å²) < 4.78 is 11.1. The lowest BCUT2D eigenvalue weighted by molar-refractivity contribution is 0.0535. The molecule has 0 spiro atoms. The monoisotopic (exact) mass is 486 g/mol. The number of fused-ring (bicyclic) bond motifs is 4. The number of nitrogens with one attached hydrogen (secondary N) is 2. The van der Waals surface area contributed by atoms with Crippen LogP contribution in [0.25, 0.3) is 10.9 Å². The molecule has 1 aliphatic carbocycles. The number of ether oxygens (including phenoxy) is 2. The van der Waals surface area contributed by atoms with Gasteiger partial charge in [0.05, 0.1) is 17.7 Å². The minimum atomic E-state index is -0.984. The molecule has 3 aromatic carbocycles. The Morgan fingerprint density at radius 3 is 2.56 bits per heavy atom. The first-order valence-corrected chi connectivity index (χ1v) is 11.6. The first-order valence-electron chi connectivity index (χ1n) is 11.6. The first kappa shape index (κ1) is 23.6. The number of aliphatic hydroxyl groups excluding tert-OH is 2. The predicted molar refractivity (Wildman–Crippen MR) is 135 cm³/mol. The number of amides is 1. The number of anilines is 1. The Hall–Kier alpha value is -4.14. The number of ketones is 1. The van der Waals surface area contributed by atoms with Crippen molar-refractivity contribution in [2.24, 2.45) is 0 Å². The summed E-state index contributed by atoms with van der Waals surface area (Å²) in [7, 11) is 0. The van der Waals surface area contributed by atoms with E-state index in [9.17, 15) is 14.7 Å². The molecule has 36 heavy (non-hydrogen) atoms. The van der Waals surface area contributed by atoms with Crippen molar-refractivity contribution in [1.82, 2.24) is 4.98 Å². The number of hydrogen-bond donors (Lipinski definition) is 4. The summed E-state index contributed by atoms with van der Waals surface area (Å²) in [5.74, 6) is 0.736. The van der Waals surface area contributed by atoms with Gasteiger partial charge in [-0.2, -0.15) is 0 Å². The van der Waals surface area contributed by atoms with Gasteiger partial charge >= 0.3 is 6.09 Å². The molecule has 1 atom stereocenters. The fraction of sp³-hybridized carbons (Fsp3) is 0.214. The van der Waals surface area contributed by atoms with E-state index in [4.69, 9.17) is 14.6 Å². The standard InChI is InChI=1S/C28H26N2O6/c1-28(2)22-12-18(35-15-17(32)14-31)8-10-20(22)25(33)24-21-11-9-19(13-23(21)30-26(24)28)36-27(34)29-16-6-4-3-5-7-16/h3-13,17,30-32H,14-15H2,1-2H3,(H,29,34)/t17-/m1/s1. The minimum Gasteiger partial charge on any atom is -0.491 e. The summed E-state index contributed by atoms with van der Waals surface area (Å²) in [6.07, 6.45) is -1.60. The lowest BCUT2D eigenvalue weighted by atomic mass is 9.71. The summed E-state index contributed by atoms with van der Waals surface area (Å²) >= 11 is 0. The lowest BCUT2D eigenvalue weighted by Crippen LogP contribution is -2.30. The summed E-state index contributed by atoms with van der Waals surface area (Å²) in [5, 5.41) is 22.0. The van der Waals surface area contributed by atoms with Crippen LogP contribution < -0.4 is 14.8 Å². The molecule has 4 N–H and O–H groups in total. The highest BCUT2D eigenvalue weighted by Crippen LogP contribution is 2.45. The Bertz CT molecular complexity index is 1460. The van der Waals surface area contributed by atoms with Crippen LogP contribution >= 0.6 is 0 Å². The molecule has 0 saturated heterocycles. The van der Waals surface area contributed by atoms with Gasteiger partial charge in [0.15, 0.2) is 5.78 Å². The van der Waals surface area contributed by atoms with Crippen molar-refractivity contribution in [3.05, 3.63) is 89.1 Å². The Balaban J connectivity index is 1.45. The van der Waals surface area contributed by atoms with Crippen molar-refractivity contribution in [1.29, 1.82) is 0 Å². The number of H-pyrrole nitrogens is 1. The second kappa shape index (κ2) is 9.14. The number of aromatic nitrogens is 1. The van der Waals surface area contributed by atoms with Gasteiger partial charge in [0.1, 0.15) is 24.2 Å². The van der Waals surface area contributed by atoms with Crippen LogP contribution in [0.2, 0.25) is 0 Å². The molecule has 0 saturated carbocycles. The average Bonchev–Trinajstić information content (AvgIpc) is 3.26. The van der Waals surface area contributed by atoms with Gasteiger partial charge in [0, 0.05) is 33.8 Å². The first-order chi connectivity index (χ1) is 17.3. The number of benzene rings is 3. The van der Waals surface area contributed by atoms with Crippen molar-refractivity contribution >= 4 is 28.5 Å². The molecule has 0 fully saturated rings. The van der Waals surface area contributed by atoms with Crippen LogP contribution in [0.1, 0.15) is 41.0 Å². The molecule has 0 bridgehead atoms. The molecule has 184 valence electrons. The highest BCUT2D eigenvalue weighted by atomic mass is 16.6. The average molecular weight is 487 g/mol. The molecule has 5 rings (SSSR count). The van der Waals surface area contributed by atoms with E-state index >= 15 is 0 Å². The van der Waals surface area contributed by atoms with Crippen LogP contribution in [-0.4, -0.2) is 46.4 Å². The number of carbonyl (C=O) groups excluding carboxylic acids is 2. The largest absolute Gasteiger partial charge is 0.491 e. The summed E-state index contributed by atoms with van der Waals surface area (Å²) in [5.41, 5.74) is 3.46. The van der Waals surface area contributed by atoms with Crippen LogP contribution in [0.3, 0.4) is 0 Å². The predicted octanol–water partition coefficient (Wildman–Crippen LogP) is 4.38. The normalized spacial score (nSPS) is 14.6. The quantitative estimate of drug-likeness (QED) is 0.321. The molecule has 0 unspecified atom stereocenters. The fourth-order valence-electron chi connectivity index (χ4n) is 4.56. The number of para-hydroxylation sites is 1. The van der Waals surface area contributed by atoms with E-state index in [1.807, 2.05) is 32.0 Å². The summed E-state index contributed by atoms with van der Waals surface area (Å²) in [6.45, 7) is 3.59. The molecule has 8 heteroatoms. The molecule has 0 aliphatic heterocycles. The number of hydrogen-bond acceptors (Lipinski definition) is 6. The zero-order valence-corrected chi connectivity index (χ0v) is 19.9. The topological polar surface area (TPSA) is 121 Å². The van der Waals surface area contributed by atoms with Crippen LogP contribution in [-0.2, 0) is 5.41 Å². The smallest absolute Gasteiger partial charge is 0.417 e. The van der Waals surface area contributed by atoms with Crippen LogP contribution in [0.4, 0.5) is 10.5 Å². The van der Waals surface area contributed by atoms with E-state index in [0.717, 1.165) is 16.6 Å². The van der Waals surface area contributed by atoms with Gasteiger partial charge in [0.2, 0.25) is 0 Å². The van der Waals surface area contributed by atoms with E-state index in [0.29, 0.717) is 33.8 Å². The van der Waals surface area contributed by atoms with Crippen molar-refractivity contribution in [3.8, 4) is 11.5 Å². The fourth-order valence-corrected chi connectivity index (χ4v) is 4.56. The van der Waals surface area contributed by atoms with Gasteiger partial charge in [-0.05, 0) is 48.0 Å². The number of rotatable bonds is 6. The zero-order valence-electron chi connectivity index (χ0n) is 19.9. The summed E-state index contributed by atoms with van der Waals surface area (Å²) in [6, 6.07) is 19.4. The molecular formula is C28H26N2O6. The van der Waals surface area contributed by atoms with Crippen molar-refractivity contribution in [3.63, 3.8) is 0 Å². The molecule has 1 aromatic heterocycles. The molecule has 1 heterocycles. The number of aliphatic hydroxyl groups is 2. The Morgan fingerprint density at radius 2 is 1.81 bits per heavy atom. The van der Waals surface area contributed by atoms with Crippen molar-refractivity contribution in [2.45, 2.75) is 25.4 Å². The van der Waals surface area contributed by atoms with Crippen molar-refractivity contribution in [2.75, 3.05) is 18.5 Å². The van der Waals surface area contributed by atoms with Gasteiger partial charge < -0.3 is 24.7 Å². The second-order valence-electron chi connectivity index (χ2n) is 9.27. The van der Waals surface area contributed by atoms with E-state index < -0.39 is 24.2 Å². The van der Waals surface area contributed by atoms with Crippen molar-refractivity contribution < 1.29 is 29.3 Å². The van der Waals surface area contributed by atoms with Gasteiger partial charge in [0.25, 0.3) is 0 Å². The molecule has 8 nitrogen and oxygen atoms in total. The molecule has 1 amide bonds. The third-order valence-corrected chi connectivity index (χ3v) is 6.41. The molecule has 1 aliphatic rings. The van der Waals surface area contributed by atoms with E-state index in [1.54, 1.807) is 48.5 Å². The van der Waals surface area contributed by atoms with Gasteiger partial charge in [-0.1, -0.05) is 32.0 Å². The van der Waals surface area contributed by atoms with Gasteiger partial charge in [-0.15, -0.1) is 0 Å². The maximum absolute atomic E-state index is 13.5.